The van der Waals surface area contributed by atoms with E-state index in [4.69, 9.17) is 14.5 Å². The van der Waals surface area contributed by atoms with Gasteiger partial charge >= 0.3 is 5.97 Å². The third-order valence-corrected chi connectivity index (χ3v) is 10.6. The number of hydrogen-bond acceptors (Lipinski definition) is 10. The topological polar surface area (TPSA) is 122 Å². The first-order chi connectivity index (χ1) is 25.0. The van der Waals surface area contributed by atoms with Crippen molar-refractivity contribution < 1.29 is 28.7 Å². The summed E-state index contributed by atoms with van der Waals surface area (Å²) in [6.45, 7) is 2.51. The number of rotatable bonds is 11. The quantitative estimate of drug-likeness (QED) is 0.0695. The van der Waals surface area contributed by atoms with Gasteiger partial charge in [0, 0.05) is 63.6 Å². The van der Waals surface area contributed by atoms with Gasteiger partial charge in [-0.1, -0.05) is 24.3 Å². The highest BCUT2D eigenvalue weighted by Gasteiger charge is 2.41. The van der Waals surface area contributed by atoms with Crippen molar-refractivity contribution in [2.24, 2.45) is 0 Å². The van der Waals surface area contributed by atoms with E-state index in [1.165, 1.54) is 17.5 Å². The van der Waals surface area contributed by atoms with Crippen LogP contribution in [0.3, 0.4) is 0 Å². The van der Waals surface area contributed by atoms with Crippen molar-refractivity contribution in [3.63, 3.8) is 0 Å². The lowest BCUT2D eigenvalue weighted by atomic mass is 10.0. The summed E-state index contributed by atoms with van der Waals surface area (Å²) in [7, 11) is 5.40. The lowest BCUT2D eigenvalue weighted by molar-refractivity contribution is -0.150. The Hall–Kier alpha value is -5.46. The molecule has 0 spiro atoms. The van der Waals surface area contributed by atoms with Gasteiger partial charge < -0.3 is 19.3 Å². The average Bonchev–Trinajstić information content (AvgIpc) is 3.70. The predicted molar refractivity (Wildman–Crippen MR) is 199 cm³/mol. The van der Waals surface area contributed by atoms with E-state index in [1.807, 2.05) is 31.3 Å². The van der Waals surface area contributed by atoms with Crippen LogP contribution in [0.25, 0.3) is 31.9 Å². The van der Waals surface area contributed by atoms with E-state index in [0.717, 1.165) is 61.0 Å². The summed E-state index contributed by atoms with van der Waals surface area (Å²) in [6.07, 6.45) is 3.93. The predicted octanol–water partition coefficient (Wildman–Crippen LogP) is 6.06. The molecule has 0 radical (unpaired) electrons. The highest BCUT2D eigenvalue weighted by Crippen LogP contribution is 2.35. The van der Waals surface area contributed by atoms with Crippen LogP contribution < -0.4 is 9.64 Å². The first-order valence-corrected chi connectivity index (χ1v) is 18.0. The number of fused-ring (bicyclic) bond motifs is 2. The van der Waals surface area contributed by atoms with Gasteiger partial charge in [0.15, 0.2) is 0 Å². The zero-order valence-corrected chi connectivity index (χ0v) is 30.4. The zero-order valence-electron chi connectivity index (χ0n) is 29.5. The Labute approximate surface area is 305 Å². The minimum atomic E-state index is -0.688. The number of amides is 3. The molecule has 1 unspecified atom stereocenters. The summed E-state index contributed by atoms with van der Waals surface area (Å²) in [5, 5.41) is 0.983. The smallest absolute Gasteiger partial charge is 0.337 e. The van der Waals surface area contributed by atoms with Gasteiger partial charge in [-0.15, -0.1) is 11.3 Å². The van der Waals surface area contributed by atoms with Crippen LogP contribution in [0.4, 0.5) is 5.82 Å². The number of esters is 1. The molecule has 2 aromatic heterocycles. The second kappa shape index (κ2) is 14.6. The molecule has 0 N–H and O–H groups in total. The molecule has 11 nitrogen and oxygen atoms in total. The monoisotopic (exact) mass is 717 g/mol. The van der Waals surface area contributed by atoms with Crippen molar-refractivity contribution in [3.8, 4) is 27.4 Å². The molecular weight excluding hydrogens is 679 g/mol. The highest BCUT2D eigenvalue weighted by molar-refractivity contribution is 7.21. The van der Waals surface area contributed by atoms with Gasteiger partial charge in [-0.2, -0.15) is 0 Å². The molecule has 1 saturated heterocycles. The number of likely N-dealkylation sites (tertiary alicyclic amines) is 1. The van der Waals surface area contributed by atoms with E-state index in [-0.39, 0.29) is 37.3 Å². The Balaban J connectivity index is 0.885. The second-order valence-corrected chi connectivity index (χ2v) is 14.4. The van der Waals surface area contributed by atoms with Crippen molar-refractivity contribution in [1.82, 2.24) is 19.8 Å². The van der Waals surface area contributed by atoms with E-state index in [0.29, 0.717) is 29.9 Å². The zero-order chi connectivity index (χ0) is 36.5. The number of carbonyl (C=O) groups is 4. The molecule has 1 fully saturated rings. The molecule has 2 aliphatic heterocycles. The molecule has 5 aromatic rings. The second-order valence-electron chi connectivity index (χ2n) is 13.4. The molecule has 7 rings (SSSR count). The SMILES string of the molecule is Cc1cc(-c2ccc(N(C)C)nc2)ccc1-c1nc2ccc(CCCOCC(=O)Oc3ccc4c(c3)CN(C3CCC(=O)N(C)C3=O)C4=O)cc2s1. The standard InChI is InChI=1S/C40H39N5O6S/c1-24-18-26(27-9-15-35(41-21-27)43(2)3)8-11-30(24)38-42-32-13-7-25(19-34(32)52-38)6-5-17-50-23-37(47)51-29-10-12-31-28(20-29)22-45(39(31)48)33-14-16-36(46)44(4)40(33)49/h7-13,15,18-21,33H,5-6,14,16-17,22-23H2,1-4H3. The van der Waals surface area contributed by atoms with E-state index < -0.39 is 12.0 Å². The van der Waals surface area contributed by atoms with E-state index >= 15 is 0 Å². The number of nitrogens with zero attached hydrogens (tertiary/aromatic N) is 5. The van der Waals surface area contributed by atoms with Crippen molar-refractivity contribution in [1.29, 1.82) is 0 Å². The molecule has 3 aromatic carbocycles. The first kappa shape index (κ1) is 35.0. The van der Waals surface area contributed by atoms with Crippen molar-refractivity contribution >= 4 is 51.1 Å². The van der Waals surface area contributed by atoms with Crippen LogP contribution in [0.5, 0.6) is 5.75 Å². The summed E-state index contributed by atoms with van der Waals surface area (Å²) in [5.41, 5.74) is 7.72. The number of thiazole rings is 1. The van der Waals surface area contributed by atoms with Crippen molar-refractivity contribution in [3.05, 3.63) is 95.2 Å². The molecule has 12 heteroatoms. The Morgan fingerprint density at radius 2 is 1.79 bits per heavy atom. The lowest BCUT2D eigenvalue weighted by Gasteiger charge is -2.33. The maximum atomic E-state index is 13.0. The molecule has 52 heavy (non-hydrogen) atoms. The third kappa shape index (κ3) is 7.17. The van der Waals surface area contributed by atoms with Gasteiger partial charge in [0.1, 0.15) is 29.2 Å². The third-order valence-electron chi connectivity index (χ3n) is 9.56. The number of likely N-dealkylation sites (N-methyl/N-ethyl adjacent to an activating group) is 1. The van der Waals surface area contributed by atoms with Gasteiger partial charge in [-0.3, -0.25) is 19.3 Å². The Morgan fingerprint density at radius 3 is 2.56 bits per heavy atom. The van der Waals surface area contributed by atoms with Crippen LogP contribution >= 0.6 is 11.3 Å². The fraction of sp³-hybridized carbons (Fsp3) is 0.300. The fourth-order valence-electron chi connectivity index (χ4n) is 6.66. The Morgan fingerprint density at radius 1 is 0.981 bits per heavy atom. The maximum absolute atomic E-state index is 13.0. The largest absolute Gasteiger partial charge is 0.425 e. The van der Waals surface area contributed by atoms with Gasteiger partial charge in [0.05, 0.1) is 10.2 Å². The highest BCUT2D eigenvalue weighted by atomic mass is 32.1. The molecule has 4 heterocycles. The molecule has 0 aliphatic carbocycles. The summed E-state index contributed by atoms with van der Waals surface area (Å²) >= 11 is 1.68. The van der Waals surface area contributed by atoms with Gasteiger partial charge in [0.25, 0.3) is 11.8 Å². The number of benzene rings is 3. The minimum Gasteiger partial charge on any atom is -0.425 e. The van der Waals surface area contributed by atoms with Crippen molar-refractivity contribution in [2.45, 2.75) is 45.2 Å². The van der Waals surface area contributed by atoms with Crippen LogP contribution in [0.15, 0.2) is 72.9 Å². The number of pyridine rings is 1. The van der Waals surface area contributed by atoms with Crippen LogP contribution in [-0.2, 0) is 32.1 Å². The normalized spacial score (nSPS) is 15.8. The molecule has 2 aliphatic rings. The lowest BCUT2D eigenvalue weighted by Crippen LogP contribution is -2.53. The molecule has 3 amide bonds. The maximum Gasteiger partial charge on any atom is 0.337 e. The molecule has 266 valence electrons. The number of hydrogen-bond donors (Lipinski definition) is 0. The van der Waals surface area contributed by atoms with E-state index in [1.54, 1.807) is 29.5 Å². The van der Waals surface area contributed by atoms with Gasteiger partial charge in [-0.25, -0.2) is 14.8 Å². The molecule has 0 saturated carbocycles. The summed E-state index contributed by atoms with van der Waals surface area (Å²) in [4.78, 5) is 64.1. The first-order valence-electron chi connectivity index (χ1n) is 17.2. The number of aromatic nitrogens is 2. The Bertz CT molecular complexity index is 2200. The van der Waals surface area contributed by atoms with Gasteiger partial charge in [0.2, 0.25) is 5.91 Å². The Kier molecular flexibility index (Phi) is 9.85. The minimum absolute atomic E-state index is 0.202. The van der Waals surface area contributed by atoms with Crippen LogP contribution in [-0.4, -0.2) is 83.9 Å². The number of piperidine rings is 1. The van der Waals surface area contributed by atoms with Gasteiger partial charge in [-0.05, 0) is 90.9 Å². The van der Waals surface area contributed by atoms with Crippen LogP contribution in [0, 0.1) is 6.92 Å². The van der Waals surface area contributed by atoms with Crippen molar-refractivity contribution in [2.75, 3.05) is 39.3 Å². The number of ether oxygens (including phenoxy) is 2. The van der Waals surface area contributed by atoms with E-state index in [2.05, 4.69) is 54.4 Å². The number of imide groups is 1. The van der Waals surface area contributed by atoms with Crippen LogP contribution in [0.2, 0.25) is 0 Å². The van der Waals surface area contributed by atoms with E-state index in [9.17, 15) is 19.2 Å². The number of carbonyl (C=O) groups excluding carboxylic acids is 4. The number of anilines is 1. The molecule has 1 atom stereocenters. The summed E-state index contributed by atoms with van der Waals surface area (Å²) < 4.78 is 12.2. The molecule has 0 bridgehead atoms. The fourth-order valence-corrected chi connectivity index (χ4v) is 7.78. The average molecular weight is 718 g/mol. The van der Waals surface area contributed by atoms with Crippen LogP contribution in [0.1, 0.15) is 46.3 Å². The molecular formula is C40H39N5O6S. The number of aryl methyl sites for hydroxylation is 2. The summed E-state index contributed by atoms with van der Waals surface area (Å²) in [5.74, 6) is -0.208. The summed E-state index contributed by atoms with van der Waals surface area (Å²) in [6, 6.07) is 21.0.